The molecule has 0 bridgehead atoms. The smallest absolute Gasteiger partial charge is 0.362 e. The summed E-state index contributed by atoms with van der Waals surface area (Å²) in [5.74, 6) is -16.1. The minimum Gasteiger partial charge on any atom is -0.362 e. The minimum atomic E-state index is -5.80. The third-order valence-corrected chi connectivity index (χ3v) is 2.64. The quantitative estimate of drug-likeness (QED) is 0.713. The summed E-state index contributed by atoms with van der Waals surface area (Å²) in [6.07, 6.45) is -16.1. The van der Waals surface area contributed by atoms with Gasteiger partial charge in [0.25, 0.3) is 0 Å². The van der Waals surface area contributed by atoms with Crippen LogP contribution >= 0.6 is 0 Å². The number of rotatable bonds is 4. The third-order valence-electron chi connectivity index (χ3n) is 2.64. The van der Waals surface area contributed by atoms with E-state index >= 15 is 0 Å². The number of hydrogen-bond donors (Lipinski definition) is 0. The Hall–Kier alpha value is -0.850. The van der Waals surface area contributed by atoms with Gasteiger partial charge in [-0.05, 0) is 0 Å². The first-order chi connectivity index (χ1) is 9.52. The molecule has 0 aliphatic heterocycles. The largest absolute Gasteiger partial charge is 0.411 e. The van der Waals surface area contributed by atoms with Crippen LogP contribution in [-0.2, 0) is 9.47 Å². The summed E-state index contributed by atoms with van der Waals surface area (Å²) in [4.78, 5) is 0. The molecule has 22 heavy (non-hydrogen) atoms. The van der Waals surface area contributed by atoms with Crippen LogP contribution in [-0.4, -0.2) is 49.4 Å². The summed E-state index contributed by atoms with van der Waals surface area (Å²) in [5, 5.41) is 0. The normalized spacial score (nSPS) is 31.5. The summed E-state index contributed by atoms with van der Waals surface area (Å²) < 4.78 is 144. The molecular formula is C9H7F11O2. The lowest BCUT2D eigenvalue weighted by molar-refractivity contribution is -0.352. The van der Waals surface area contributed by atoms with E-state index < -0.39 is 55.8 Å². The second-order valence-corrected chi connectivity index (χ2v) is 4.45. The molecule has 0 aromatic rings. The van der Waals surface area contributed by atoms with Gasteiger partial charge in [0, 0.05) is 6.42 Å². The van der Waals surface area contributed by atoms with E-state index in [4.69, 9.17) is 0 Å². The molecule has 0 amide bonds. The molecule has 2 nitrogen and oxygen atoms in total. The van der Waals surface area contributed by atoms with E-state index in [2.05, 4.69) is 9.47 Å². The molecule has 1 saturated carbocycles. The first-order valence-corrected chi connectivity index (χ1v) is 5.35. The first-order valence-electron chi connectivity index (χ1n) is 5.35. The standard InChI is InChI=1S/C9H7F11O2/c10-5(11)1-4(21-2-6(12,13)14)8(18,9(5,19)20)22-3-7(15,16)17/h4H,1-3H2. The molecule has 0 saturated heterocycles. The van der Waals surface area contributed by atoms with Crippen molar-refractivity contribution in [2.45, 2.75) is 42.6 Å². The summed E-state index contributed by atoms with van der Waals surface area (Å²) >= 11 is 0. The van der Waals surface area contributed by atoms with Crippen molar-refractivity contribution in [3.8, 4) is 0 Å². The Kier molecular flexibility index (Phi) is 4.67. The van der Waals surface area contributed by atoms with Gasteiger partial charge >= 0.3 is 30.1 Å². The van der Waals surface area contributed by atoms with Crippen LogP contribution in [0, 0.1) is 0 Å². The van der Waals surface area contributed by atoms with E-state index in [0.717, 1.165) is 0 Å². The van der Waals surface area contributed by atoms with Gasteiger partial charge in [-0.25, -0.2) is 4.39 Å². The zero-order chi connectivity index (χ0) is 17.6. The zero-order valence-electron chi connectivity index (χ0n) is 10.2. The van der Waals surface area contributed by atoms with Crippen molar-refractivity contribution in [2.75, 3.05) is 13.2 Å². The number of hydrogen-bond acceptors (Lipinski definition) is 2. The van der Waals surface area contributed by atoms with Crippen LogP contribution in [0.3, 0.4) is 0 Å². The number of alkyl halides is 11. The molecule has 13 heteroatoms. The predicted octanol–water partition coefficient (Wildman–Crippen LogP) is 3.85. The van der Waals surface area contributed by atoms with Crippen molar-refractivity contribution in [2.24, 2.45) is 0 Å². The van der Waals surface area contributed by atoms with E-state index in [9.17, 15) is 48.3 Å². The SMILES string of the molecule is FC(F)(F)COC1CC(F)(F)C(F)(F)C1(F)OCC(F)(F)F. The predicted molar refractivity (Wildman–Crippen MR) is 46.2 cm³/mol. The Morgan fingerprint density at radius 3 is 1.68 bits per heavy atom. The van der Waals surface area contributed by atoms with Gasteiger partial charge in [0.2, 0.25) is 0 Å². The van der Waals surface area contributed by atoms with Gasteiger partial charge in [-0.15, -0.1) is 0 Å². The average molecular weight is 356 g/mol. The van der Waals surface area contributed by atoms with E-state index in [0.29, 0.717) is 0 Å². The highest BCUT2D eigenvalue weighted by molar-refractivity contribution is 5.10. The molecule has 1 aliphatic rings. The van der Waals surface area contributed by atoms with Gasteiger partial charge in [0.1, 0.15) is 19.3 Å². The van der Waals surface area contributed by atoms with Gasteiger partial charge in [0.15, 0.2) is 0 Å². The molecule has 0 radical (unpaired) electrons. The molecule has 1 rings (SSSR count). The molecule has 132 valence electrons. The van der Waals surface area contributed by atoms with Crippen LogP contribution < -0.4 is 0 Å². The molecule has 0 aromatic carbocycles. The molecule has 0 spiro atoms. The van der Waals surface area contributed by atoms with Crippen LogP contribution in [0.5, 0.6) is 0 Å². The fraction of sp³-hybridized carbons (Fsp3) is 1.00. The Balaban J connectivity index is 3.02. The lowest BCUT2D eigenvalue weighted by atomic mass is 10.1. The molecule has 0 N–H and O–H groups in total. The van der Waals surface area contributed by atoms with Gasteiger partial charge in [0.05, 0.1) is 0 Å². The van der Waals surface area contributed by atoms with Crippen LogP contribution in [0.4, 0.5) is 48.3 Å². The summed E-state index contributed by atoms with van der Waals surface area (Å²) in [6, 6.07) is 0. The molecule has 1 fully saturated rings. The summed E-state index contributed by atoms with van der Waals surface area (Å²) in [6.45, 7) is -5.12. The monoisotopic (exact) mass is 356 g/mol. The van der Waals surface area contributed by atoms with Crippen LogP contribution in [0.1, 0.15) is 6.42 Å². The molecule has 2 unspecified atom stereocenters. The fourth-order valence-corrected chi connectivity index (χ4v) is 1.68. The Morgan fingerprint density at radius 1 is 0.818 bits per heavy atom. The van der Waals surface area contributed by atoms with E-state index in [-0.39, 0.29) is 0 Å². The second-order valence-electron chi connectivity index (χ2n) is 4.45. The Bertz CT molecular complexity index is 401. The Labute approximate surface area is 115 Å². The van der Waals surface area contributed by atoms with E-state index in [1.807, 2.05) is 0 Å². The zero-order valence-corrected chi connectivity index (χ0v) is 10.2. The molecule has 2 atom stereocenters. The Morgan fingerprint density at radius 2 is 1.27 bits per heavy atom. The van der Waals surface area contributed by atoms with Crippen molar-refractivity contribution >= 4 is 0 Å². The topological polar surface area (TPSA) is 18.5 Å². The van der Waals surface area contributed by atoms with Gasteiger partial charge in [-0.3, -0.25) is 0 Å². The van der Waals surface area contributed by atoms with Gasteiger partial charge in [-0.1, -0.05) is 0 Å². The second kappa shape index (κ2) is 5.35. The highest BCUT2D eigenvalue weighted by atomic mass is 19.4. The fourth-order valence-electron chi connectivity index (χ4n) is 1.68. The van der Waals surface area contributed by atoms with Crippen LogP contribution in [0.25, 0.3) is 0 Å². The number of ether oxygens (including phenoxy) is 2. The summed E-state index contributed by atoms with van der Waals surface area (Å²) in [5.41, 5.74) is 0. The van der Waals surface area contributed by atoms with Crippen molar-refractivity contribution in [3.63, 3.8) is 0 Å². The maximum absolute atomic E-state index is 13.9. The summed E-state index contributed by atoms with van der Waals surface area (Å²) in [7, 11) is 0. The highest BCUT2D eigenvalue weighted by Gasteiger charge is 2.81. The highest BCUT2D eigenvalue weighted by Crippen LogP contribution is 2.57. The average Bonchev–Trinajstić information content (AvgIpc) is 2.41. The van der Waals surface area contributed by atoms with Gasteiger partial charge in [-0.2, -0.15) is 43.9 Å². The van der Waals surface area contributed by atoms with E-state index in [1.54, 1.807) is 0 Å². The number of halogens is 11. The molecule has 0 heterocycles. The third kappa shape index (κ3) is 3.73. The van der Waals surface area contributed by atoms with Gasteiger partial charge < -0.3 is 9.47 Å². The maximum Gasteiger partial charge on any atom is 0.411 e. The van der Waals surface area contributed by atoms with Crippen LogP contribution in [0.2, 0.25) is 0 Å². The lowest BCUT2D eigenvalue weighted by Crippen LogP contribution is -2.55. The van der Waals surface area contributed by atoms with Crippen LogP contribution in [0.15, 0.2) is 0 Å². The minimum absolute atomic E-state index is 2.27. The van der Waals surface area contributed by atoms with Crippen molar-refractivity contribution < 1.29 is 57.8 Å². The molecule has 1 aliphatic carbocycles. The van der Waals surface area contributed by atoms with Crippen molar-refractivity contribution in [1.82, 2.24) is 0 Å². The lowest BCUT2D eigenvalue weighted by Gasteiger charge is -2.32. The maximum atomic E-state index is 13.9. The van der Waals surface area contributed by atoms with Crippen molar-refractivity contribution in [3.05, 3.63) is 0 Å². The van der Waals surface area contributed by atoms with E-state index in [1.165, 1.54) is 0 Å². The van der Waals surface area contributed by atoms with Crippen molar-refractivity contribution in [1.29, 1.82) is 0 Å². The molecular weight excluding hydrogens is 349 g/mol. The first kappa shape index (κ1) is 19.2. The molecule has 0 aromatic heterocycles.